The Kier molecular flexibility index (Phi) is 5.35. The lowest BCUT2D eigenvalue weighted by Crippen LogP contribution is -2.29. The van der Waals surface area contributed by atoms with Gasteiger partial charge in [0.25, 0.3) is 5.91 Å². The quantitative estimate of drug-likeness (QED) is 0.811. The highest BCUT2D eigenvalue weighted by Gasteiger charge is 2.11. The highest BCUT2D eigenvalue weighted by Crippen LogP contribution is 2.09. The molecule has 0 fully saturated rings. The van der Waals surface area contributed by atoms with E-state index >= 15 is 0 Å². The number of rotatable bonds is 5. The predicted octanol–water partition coefficient (Wildman–Crippen LogP) is 3.10. The number of amides is 1. The molecule has 1 unspecified atom stereocenters. The summed E-state index contributed by atoms with van der Waals surface area (Å²) in [6.45, 7) is 2.31. The van der Waals surface area contributed by atoms with E-state index in [4.69, 9.17) is 11.6 Å². The van der Waals surface area contributed by atoms with Crippen molar-refractivity contribution in [3.8, 4) is 0 Å². The number of hydrogen-bond acceptors (Lipinski definition) is 1. The molecule has 1 aromatic rings. The van der Waals surface area contributed by atoms with Crippen molar-refractivity contribution in [2.45, 2.75) is 25.1 Å². The summed E-state index contributed by atoms with van der Waals surface area (Å²) in [4.78, 5) is 11.6. The lowest BCUT2D eigenvalue weighted by atomic mass is 10.2. The Bertz CT molecular complexity index is 398. The zero-order valence-corrected chi connectivity index (χ0v) is 10.2. The Balaban J connectivity index is 2.55. The fourth-order valence-corrected chi connectivity index (χ4v) is 1.65. The van der Waals surface area contributed by atoms with Gasteiger partial charge in [-0.25, -0.2) is 8.78 Å². The van der Waals surface area contributed by atoms with E-state index in [2.05, 4.69) is 5.32 Å². The second kappa shape index (κ2) is 6.55. The molecule has 2 nitrogen and oxygen atoms in total. The van der Waals surface area contributed by atoms with E-state index in [1.165, 1.54) is 6.07 Å². The van der Waals surface area contributed by atoms with E-state index in [0.717, 1.165) is 25.0 Å². The van der Waals surface area contributed by atoms with Gasteiger partial charge in [-0.2, -0.15) is 0 Å². The maximum atomic E-state index is 12.9. The molecule has 1 atom stereocenters. The average Bonchev–Trinajstić information content (AvgIpc) is 2.30. The van der Waals surface area contributed by atoms with Gasteiger partial charge in [0, 0.05) is 12.1 Å². The summed E-state index contributed by atoms with van der Waals surface area (Å²) in [7, 11) is 0. The van der Waals surface area contributed by atoms with Crippen molar-refractivity contribution < 1.29 is 13.6 Å². The van der Waals surface area contributed by atoms with Crippen molar-refractivity contribution in [1.29, 1.82) is 0 Å². The molecule has 0 bridgehead atoms. The largest absolute Gasteiger partial charge is 0.351 e. The first-order valence-corrected chi connectivity index (χ1v) is 5.85. The monoisotopic (exact) mass is 261 g/mol. The summed E-state index contributed by atoms with van der Waals surface area (Å²) in [5.74, 6) is -2.46. The van der Waals surface area contributed by atoms with Gasteiger partial charge in [-0.1, -0.05) is 13.3 Å². The van der Waals surface area contributed by atoms with Crippen LogP contribution in [0.15, 0.2) is 18.2 Å². The van der Waals surface area contributed by atoms with Crippen molar-refractivity contribution in [1.82, 2.24) is 5.32 Å². The standard InChI is InChI=1S/C12H14ClF2NO/c1-2-3-9(13)7-16-12(17)8-4-5-10(14)11(15)6-8/h4-6,9H,2-3,7H2,1H3,(H,16,17). The minimum atomic E-state index is -1.03. The second-order valence-corrected chi connectivity index (χ2v) is 4.34. The molecule has 0 heterocycles. The third-order valence-electron chi connectivity index (χ3n) is 2.27. The van der Waals surface area contributed by atoms with Gasteiger partial charge in [-0.05, 0) is 24.6 Å². The minimum absolute atomic E-state index is 0.0873. The van der Waals surface area contributed by atoms with Crippen LogP contribution in [0.5, 0.6) is 0 Å². The predicted molar refractivity (Wildman–Crippen MR) is 63.2 cm³/mol. The fourth-order valence-electron chi connectivity index (χ4n) is 1.36. The third kappa shape index (κ3) is 4.30. The first kappa shape index (κ1) is 13.9. The maximum absolute atomic E-state index is 12.9. The number of halogens is 3. The number of benzene rings is 1. The molecular formula is C12H14ClF2NO. The van der Waals surface area contributed by atoms with E-state index < -0.39 is 17.5 Å². The van der Waals surface area contributed by atoms with Crippen molar-refractivity contribution in [3.63, 3.8) is 0 Å². The Labute approximate surface area is 104 Å². The second-order valence-electron chi connectivity index (χ2n) is 3.72. The number of hydrogen-bond donors (Lipinski definition) is 1. The van der Waals surface area contributed by atoms with Crippen LogP contribution in [0.1, 0.15) is 30.1 Å². The van der Waals surface area contributed by atoms with E-state index in [9.17, 15) is 13.6 Å². The summed E-state index contributed by atoms with van der Waals surface area (Å²) < 4.78 is 25.5. The molecule has 0 aliphatic carbocycles. The van der Waals surface area contributed by atoms with Gasteiger partial charge >= 0.3 is 0 Å². The van der Waals surface area contributed by atoms with E-state index in [1.807, 2.05) is 6.92 Å². The molecule has 5 heteroatoms. The van der Waals surface area contributed by atoms with Crippen molar-refractivity contribution in [2.24, 2.45) is 0 Å². The lowest BCUT2D eigenvalue weighted by Gasteiger charge is -2.09. The maximum Gasteiger partial charge on any atom is 0.251 e. The number of carbonyl (C=O) groups excluding carboxylic acids is 1. The summed E-state index contributed by atoms with van der Waals surface area (Å²) in [5, 5.41) is 2.43. The van der Waals surface area contributed by atoms with Crippen LogP contribution < -0.4 is 5.32 Å². The molecule has 17 heavy (non-hydrogen) atoms. The van der Waals surface area contributed by atoms with Crippen LogP contribution in [0.4, 0.5) is 8.78 Å². The number of carbonyl (C=O) groups is 1. The first-order valence-electron chi connectivity index (χ1n) is 5.42. The Hall–Kier alpha value is -1.16. The Morgan fingerprint density at radius 2 is 2.12 bits per heavy atom. The van der Waals surface area contributed by atoms with Gasteiger partial charge in [0.15, 0.2) is 11.6 Å². The molecule has 0 radical (unpaired) electrons. The molecule has 94 valence electrons. The molecule has 0 saturated heterocycles. The van der Waals surface area contributed by atoms with Gasteiger partial charge in [0.2, 0.25) is 0 Å². The third-order valence-corrected chi connectivity index (χ3v) is 2.64. The first-order chi connectivity index (χ1) is 8.04. The van der Waals surface area contributed by atoms with Crippen LogP contribution >= 0.6 is 11.6 Å². The molecule has 1 aromatic carbocycles. The Morgan fingerprint density at radius 3 is 2.71 bits per heavy atom. The Morgan fingerprint density at radius 1 is 1.41 bits per heavy atom. The smallest absolute Gasteiger partial charge is 0.251 e. The van der Waals surface area contributed by atoms with Crippen LogP contribution in [0.2, 0.25) is 0 Å². The van der Waals surface area contributed by atoms with E-state index in [-0.39, 0.29) is 10.9 Å². The van der Waals surface area contributed by atoms with Crippen molar-refractivity contribution >= 4 is 17.5 Å². The normalized spacial score (nSPS) is 12.2. The van der Waals surface area contributed by atoms with Crippen LogP contribution in [0.3, 0.4) is 0 Å². The molecule has 1 rings (SSSR count). The van der Waals surface area contributed by atoms with E-state index in [1.54, 1.807) is 0 Å². The molecule has 1 amide bonds. The van der Waals surface area contributed by atoms with Gasteiger partial charge in [0.1, 0.15) is 0 Å². The zero-order chi connectivity index (χ0) is 12.8. The van der Waals surface area contributed by atoms with Crippen molar-refractivity contribution in [2.75, 3.05) is 6.54 Å². The molecule has 0 aliphatic rings. The summed E-state index contributed by atoms with van der Waals surface area (Å²) in [6.07, 6.45) is 1.72. The van der Waals surface area contributed by atoms with Crippen LogP contribution in [0.25, 0.3) is 0 Å². The van der Waals surface area contributed by atoms with Gasteiger partial charge in [0.05, 0.1) is 5.38 Å². The SMILES string of the molecule is CCCC(Cl)CNC(=O)c1ccc(F)c(F)c1. The van der Waals surface area contributed by atoms with Crippen molar-refractivity contribution in [3.05, 3.63) is 35.4 Å². The lowest BCUT2D eigenvalue weighted by molar-refractivity contribution is 0.0952. The summed E-state index contributed by atoms with van der Waals surface area (Å²) >= 11 is 5.92. The van der Waals surface area contributed by atoms with Gasteiger partial charge in [-0.3, -0.25) is 4.79 Å². The molecule has 0 aromatic heterocycles. The zero-order valence-electron chi connectivity index (χ0n) is 9.47. The highest BCUT2D eigenvalue weighted by atomic mass is 35.5. The topological polar surface area (TPSA) is 29.1 Å². The molecule has 1 N–H and O–H groups in total. The van der Waals surface area contributed by atoms with Gasteiger partial charge in [-0.15, -0.1) is 11.6 Å². The van der Waals surface area contributed by atoms with Crippen LogP contribution in [-0.2, 0) is 0 Å². The molecule has 0 saturated carbocycles. The average molecular weight is 262 g/mol. The molecule has 0 spiro atoms. The van der Waals surface area contributed by atoms with Crippen LogP contribution in [-0.4, -0.2) is 17.8 Å². The highest BCUT2D eigenvalue weighted by molar-refractivity contribution is 6.20. The van der Waals surface area contributed by atoms with Crippen LogP contribution in [0, 0.1) is 11.6 Å². The summed E-state index contributed by atoms with van der Waals surface area (Å²) in [5.41, 5.74) is 0.0873. The summed E-state index contributed by atoms with van der Waals surface area (Å²) in [6, 6.07) is 3.03. The molecule has 0 aliphatic heterocycles. The molecular weight excluding hydrogens is 248 g/mol. The fraction of sp³-hybridized carbons (Fsp3) is 0.417. The van der Waals surface area contributed by atoms with Gasteiger partial charge < -0.3 is 5.32 Å². The number of nitrogens with one attached hydrogen (secondary N) is 1. The van der Waals surface area contributed by atoms with E-state index in [0.29, 0.717) is 6.54 Å². The number of alkyl halides is 1. The minimum Gasteiger partial charge on any atom is -0.351 e.